The lowest BCUT2D eigenvalue weighted by Crippen LogP contribution is -2.27. The van der Waals surface area contributed by atoms with E-state index < -0.39 is 11.9 Å². The fourth-order valence-corrected chi connectivity index (χ4v) is 4.40. The largest absolute Gasteiger partial charge is 0.492 e. The van der Waals surface area contributed by atoms with E-state index in [1.165, 1.54) is 6.20 Å². The summed E-state index contributed by atoms with van der Waals surface area (Å²) in [7, 11) is 0. The van der Waals surface area contributed by atoms with Crippen molar-refractivity contribution in [2.45, 2.75) is 13.8 Å². The molecule has 38 heavy (non-hydrogen) atoms. The summed E-state index contributed by atoms with van der Waals surface area (Å²) < 4.78 is 19.5. The molecule has 0 unspecified atom stereocenters. The van der Waals surface area contributed by atoms with E-state index >= 15 is 0 Å². The summed E-state index contributed by atoms with van der Waals surface area (Å²) in [6, 6.07) is 15.1. The minimum absolute atomic E-state index is 0.0371. The van der Waals surface area contributed by atoms with Gasteiger partial charge in [0, 0.05) is 28.7 Å². The number of aromatic nitrogens is 3. The number of carbonyl (C=O) groups excluding carboxylic acids is 2. The number of esters is 2. The van der Waals surface area contributed by atoms with Gasteiger partial charge in [0.05, 0.1) is 17.3 Å². The fraction of sp³-hybridized carbons (Fsp3) is 0.214. The van der Waals surface area contributed by atoms with Crippen LogP contribution in [0.1, 0.15) is 13.8 Å². The Morgan fingerprint density at radius 2 is 1.63 bits per heavy atom. The predicted octanol–water partition coefficient (Wildman–Crippen LogP) is 4.95. The van der Waals surface area contributed by atoms with Crippen molar-refractivity contribution in [2.24, 2.45) is 0 Å². The quantitative estimate of drug-likeness (QED) is 0.272. The maximum Gasteiger partial charge on any atom is 0.336 e. The van der Waals surface area contributed by atoms with E-state index in [1.54, 1.807) is 4.68 Å². The van der Waals surface area contributed by atoms with Crippen LogP contribution in [-0.2, 0) is 9.59 Å². The summed E-state index contributed by atoms with van der Waals surface area (Å²) in [5.41, 5.74) is 2.45. The number of carbonyl (C=O) groups is 2. The second-order valence-corrected chi connectivity index (χ2v) is 9.38. The van der Waals surface area contributed by atoms with Gasteiger partial charge in [-0.25, -0.2) is 19.3 Å². The summed E-state index contributed by atoms with van der Waals surface area (Å²) >= 11 is 3.46. The van der Waals surface area contributed by atoms with E-state index in [2.05, 4.69) is 39.7 Å². The van der Waals surface area contributed by atoms with Gasteiger partial charge in [0.15, 0.2) is 17.1 Å². The van der Waals surface area contributed by atoms with Gasteiger partial charge in [-0.15, -0.1) is 0 Å². The number of benzene rings is 2. The highest BCUT2D eigenvalue weighted by molar-refractivity contribution is 9.10. The molecular weight excluding hydrogens is 552 g/mol. The number of ether oxygens (including phenoxy) is 3. The van der Waals surface area contributed by atoms with Gasteiger partial charge in [0.2, 0.25) is 0 Å². The molecule has 10 heteroatoms. The minimum atomic E-state index is -0.698. The zero-order valence-electron chi connectivity index (χ0n) is 20.9. The highest BCUT2D eigenvalue weighted by Crippen LogP contribution is 2.41. The average Bonchev–Trinajstić information content (AvgIpc) is 3.31. The first-order valence-electron chi connectivity index (χ1n) is 12.2. The number of fused-ring (bicyclic) bond motifs is 3. The van der Waals surface area contributed by atoms with E-state index in [9.17, 15) is 9.59 Å². The van der Waals surface area contributed by atoms with Gasteiger partial charge in [-0.3, -0.25) is 0 Å². The Bertz CT molecular complexity index is 1510. The molecule has 0 bridgehead atoms. The molecule has 1 aliphatic heterocycles. The van der Waals surface area contributed by atoms with Crippen molar-refractivity contribution >= 4 is 38.9 Å². The molecule has 194 valence electrons. The van der Waals surface area contributed by atoms with Gasteiger partial charge in [-0.05, 0) is 49.5 Å². The number of hydrogen-bond donors (Lipinski definition) is 0. The Labute approximate surface area is 227 Å². The zero-order valence-corrected chi connectivity index (χ0v) is 22.5. The Hall–Kier alpha value is -4.02. The fourth-order valence-electron chi connectivity index (χ4n) is 4.13. The third kappa shape index (κ3) is 5.32. The lowest BCUT2D eigenvalue weighted by atomic mass is 10.1. The molecule has 0 saturated heterocycles. The normalized spacial score (nSPS) is 14.0. The molecule has 2 aromatic heterocycles. The van der Waals surface area contributed by atoms with Crippen molar-refractivity contribution in [3.05, 3.63) is 71.4 Å². The molecule has 1 aliphatic rings. The molecule has 0 N–H and O–H groups in total. The van der Waals surface area contributed by atoms with Gasteiger partial charge < -0.3 is 19.1 Å². The number of likely N-dealkylation sites (N-methyl/N-ethyl adjacent to an activating group) is 1. The van der Waals surface area contributed by atoms with Crippen molar-refractivity contribution in [3.8, 4) is 34.2 Å². The zero-order chi connectivity index (χ0) is 26.6. The number of pyridine rings is 1. The monoisotopic (exact) mass is 576 g/mol. The van der Waals surface area contributed by atoms with Crippen LogP contribution in [-0.4, -0.2) is 57.8 Å². The molecule has 0 aliphatic carbocycles. The van der Waals surface area contributed by atoms with Gasteiger partial charge in [-0.1, -0.05) is 41.9 Å². The topological polar surface area (TPSA) is 95.8 Å². The number of nitrogens with zero attached hydrogens (tertiary/aromatic N) is 4. The second kappa shape index (κ2) is 11.2. The Kier molecular flexibility index (Phi) is 7.52. The molecule has 9 nitrogen and oxygen atoms in total. The number of halogens is 1. The first kappa shape index (κ1) is 25.6. The molecular formula is C28H25BrN4O5. The van der Waals surface area contributed by atoms with Crippen LogP contribution in [0, 0.1) is 0 Å². The highest BCUT2D eigenvalue weighted by atomic mass is 79.9. The van der Waals surface area contributed by atoms with Crippen LogP contribution >= 0.6 is 15.9 Å². The predicted molar refractivity (Wildman–Crippen MR) is 146 cm³/mol. The van der Waals surface area contributed by atoms with E-state index in [0.717, 1.165) is 53.3 Å². The molecule has 0 atom stereocenters. The van der Waals surface area contributed by atoms with Crippen molar-refractivity contribution in [1.82, 2.24) is 19.7 Å². The summed E-state index contributed by atoms with van der Waals surface area (Å²) in [5.74, 6) is -0.529. The van der Waals surface area contributed by atoms with Crippen molar-refractivity contribution in [1.29, 1.82) is 0 Å². The summed E-state index contributed by atoms with van der Waals surface area (Å²) in [6.45, 7) is 7.66. The average molecular weight is 577 g/mol. The third-order valence-electron chi connectivity index (χ3n) is 6.15. The number of rotatable bonds is 8. The van der Waals surface area contributed by atoms with Crippen LogP contribution < -0.4 is 14.2 Å². The molecule has 0 amide bonds. The maximum absolute atomic E-state index is 12.4. The van der Waals surface area contributed by atoms with Crippen LogP contribution in [0.3, 0.4) is 0 Å². The number of hydrogen-bond acceptors (Lipinski definition) is 8. The smallest absolute Gasteiger partial charge is 0.336 e. The van der Waals surface area contributed by atoms with Gasteiger partial charge in [-0.2, -0.15) is 5.10 Å². The Morgan fingerprint density at radius 1 is 0.947 bits per heavy atom. The van der Waals surface area contributed by atoms with Crippen LogP contribution in [0.5, 0.6) is 17.2 Å². The first-order valence-corrected chi connectivity index (χ1v) is 13.0. The SMILES string of the molecule is CCN(CC)CCOc1ccc(-n2nc(-c3ccc(Br)cc3)c3c4c(cnc32)OC(=O)/C=C\C(=O)O4)cc1. The van der Waals surface area contributed by atoms with Crippen LogP contribution in [0.15, 0.2) is 71.4 Å². The minimum Gasteiger partial charge on any atom is -0.492 e. The lowest BCUT2D eigenvalue weighted by molar-refractivity contribution is -0.133. The van der Waals surface area contributed by atoms with Gasteiger partial charge in [0.25, 0.3) is 0 Å². The maximum atomic E-state index is 12.4. The Balaban J connectivity index is 1.57. The highest BCUT2D eigenvalue weighted by Gasteiger charge is 2.26. The molecule has 5 rings (SSSR count). The van der Waals surface area contributed by atoms with Crippen molar-refractivity contribution in [2.75, 3.05) is 26.2 Å². The standard InChI is InChI=1S/C28H25BrN4O5/c1-3-32(4-2)15-16-36-21-11-9-20(10-12-21)33-28-25(26(31-33)18-5-7-19(29)8-6-18)27-22(17-30-28)37-23(34)13-14-24(35)38-27/h5-14,17H,3-4,15-16H2,1-2H3/b14-13-. The van der Waals surface area contributed by atoms with Crippen molar-refractivity contribution < 1.29 is 23.8 Å². The summed E-state index contributed by atoms with van der Waals surface area (Å²) in [5, 5.41) is 5.29. The second-order valence-electron chi connectivity index (χ2n) is 8.46. The van der Waals surface area contributed by atoms with Gasteiger partial charge >= 0.3 is 11.9 Å². The molecule has 2 aromatic carbocycles. The lowest BCUT2D eigenvalue weighted by Gasteiger charge is -2.18. The molecule has 0 spiro atoms. The summed E-state index contributed by atoms with van der Waals surface area (Å²) in [6.07, 6.45) is 3.40. The van der Waals surface area contributed by atoms with Gasteiger partial charge in [0.1, 0.15) is 18.1 Å². The van der Waals surface area contributed by atoms with E-state index in [1.807, 2.05) is 48.5 Å². The van der Waals surface area contributed by atoms with Crippen LogP contribution in [0.2, 0.25) is 0 Å². The third-order valence-corrected chi connectivity index (χ3v) is 6.68. The van der Waals surface area contributed by atoms with Crippen molar-refractivity contribution in [3.63, 3.8) is 0 Å². The molecule has 3 heterocycles. The van der Waals surface area contributed by atoms with Crippen LogP contribution in [0.4, 0.5) is 0 Å². The first-order chi connectivity index (χ1) is 18.5. The molecule has 0 fully saturated rings. The Morgan fingerprint density at radius 3 is 2.32 bits per heavy atom. The summed E-state index contributed by atoms with van der Waals surface area (Å²) in [4.78, 5) is 31.3. The molecule has 4 aromatic rings. The molecule has 0 radical (unpaired) electrons. The van der Waals surface area contributed by atoms with E-state index in [0.29, 0.717) is 23.3 Å². The van der Waals surface area contributed by atoms with E-state index in [4.69, 9.17) is 19.3 Å². The van der Waals surface area contributed by atoms with Crippen LogP contribution in [0.25, 0.3) is 28.0 Å². The van der Waals surface area contributed by atoms with E-state index in [-0.39, 0.29) is 11.5 Å². The molecule has 0 saturated carbocycles.